The molecule has 0 N–H and O–H groups in total. The fraction of sp³-hybridized carbons (Fsp3) is 1.00. The number of hydrogen-bond acceptors (Lipinski definition) is 1. The van der Waals surface area contributed by atoms with E-state index < -0.39 is 0 Å². The summed E-state index contributed by atoms with van der Waals surface area (Å²) in [5.74, 6) is 1.33. The Balaban J connectivity index is 2.77. The van der Waals surface area contributed by atoms with Crippen molar-refractivity contribution in [3.63, 3.8) is 0 Å². The van der Waals surface area contributed by atoms with Crippen molar-refractivity contribution in [1.29, 1.82) is 0 Å². The van der Waals surface area contributed by atoms with Crippen molar-refractivity contribution in [2.45, 2.75) is 37.4 Å². The summed E-state index contributed by atoms with van der Waals surface area (Å²) >= 11 is 5.49. The molecule has 0 fully saturated rings. The highest BCUT2D eigenvalue weighted by Crippen LogP contribution is 2.10. The Labute approximate surface area is 77.3 Å². The van der Waals surface area contributed by atoms with E-state index in [-0.39, 0.29) is 0 Å². The van der Waals surface area contributed by atoms with Gasteiger partial charge in [0.2, 0.25) is 0 Å². The molecule has 0 aromatic rings. The van der Waals surface area contributed by atoms with Crippen LogP contribution in [0.15, 0.2) is 0 Å². The van der Waals surface area contributed by atoms with E-state index in [0.29, 0.717) is 4.83 Å². The lowest BCUT2D eigenvalue weighted by Crippen LogP contribution is -1.89. The Morgan fingerprint density at radius 1 is 1.30 bits per heavy atom. The topological polar surface area (TPSA) is 0 Å². The zero-order valence-corrected chi connectivity index (χ0v) is 9.30. The third kappa shape index (κ3) is 8.83. The molecule has 1 unspecified atom stereocenters. The second kappa shape index (κ2) is 7.93. The second-order valence-corrected chi connectivity index (χ2v) is 5.17. The molecule has 0 bridgehead atoms. The molecule has 0 spiro atoms. The maximum atomic E-state index is 3.54. The summed E-state index contributed by atoms with van der Waals surface area (Å²) in [6, 6.07) is 0. The average Bonchev–Trinajstić information content (AvgIpc) is 1.87. The molecule has 0 amide bonds. The van der Waals surface area contributed by atoms with Crippen molar-refractivity contribution >= 4 is 27.7 Å². The van der Waals surface area contributed by atoms with Crippen LogP contribution in [0.4, 0.5) is 0 Å². The number of thioether (sulfide) groups is 1. The highest BCUT2D eigenvalue weighted by Gasteiger charge is 1.94. The smallest absolute Gasteiger partial charge is 0.0117 e. The lowest BCUT2D eigenvalue weighted by atomic mass is 10.2. The van der Waals surface area contributed by atoms with Gasteiger partial charge >= 0.3 is 0 Å². The van der Waals surface area contributed by atoms with Gasteiger partial charge in [-0.1, -0.05) is 35.7 Å². The number of halogens is 1. The number of rotatable bonds is 6. The van der Waals surface area contributed by atoms with E-state index >= 15 is 0 Å². The summed E-state index contributed by atoms with van der Waals surface area (Å²) in [6.45, 7) is 2.22. The summed E-state index contributed by atoms with van der Waals surface area (Å²) in [4.78, 5) is 0.710. The van der Waals surface area contributed by atoms with Crippen molar-refractivity contribution in [3.05, 3.63) is 0 Å². The average molecular weight is 225 g/mol. The van der Waals surface area contributed by atoms with E-state index in [0.717, 1.165) is 0 Å². The van der Waals surface area contributed by atoms with E-state index in [2.05, 4.69) is 29.1 Å². The van der Waals surface area contributed by atoms with Crippen molar-refractivity contribution in [1.82, 2.24) is 0 Å². The van der Waals surface area contributed by atoms with Crippen LogP contribution in [0.1, 0.15) is 32.6 Å². The van der Waals surface area contributed by atoms with E-state index in [1.807, 2.05) is 11.8 Å². The van der Waals surface area contributed by atoms with Crippen LogP contribution >= 0.6 is 27.7 Å². The van der Waals surface area contributed by atoms with Crippen molar-refractivity contribution in [2.24, 2.45) is 0 Å². The third-order valence-corrected chi connectivity index (χ3v) is 2.61. The monoisotopic (exact) mass is 224 g/mol. The van der Waals surface area contributed by atoms with Crippen LogP contribution in [0.3, 0.4) is 0 Å². The quantitative estimate of drug-likeness (QED) is 0.490. The molecule has 0 aromatic carbocycles. The molecule has 0 saturated carbocycles. The molecule has 0 aliphatic heterocycles. The zero-order chi connectivity index (χ0) is 7.82. The van der Waals surface area contributed by atoms with Gasteiger partial charge in [-0.05, 0) is 24.9 Å². The predicted octanol–water partition coefficient (Wildman–Crippen LogP) is 3.69. The molecular formula is C8H17BrS. The highest BCUT2D eigenvalue weighted by atomic mass is 79.9. The van der Waals surface area contributed by atoms with Gasteiger partial charge in [-0.15, -0.1) is 0 Å². The van der Waals surface area contributed by atoms with E-state index in [4.69, 9.17) is 0 Å². The molecule has 0 nitrogen and oxygen atoms in total. The predicted molar refractivity (Wildman–Crippen MR) is 55.2 cm³/mol. The van der Waals surface area contributed by atoms with Gasteiger partial charge in [-0.2, -0.15) is 11.8 Å². The molecule has 0 aliphatic carbocycles. The van der Waals surface area contributed by atoms with Gasteiger partial charge in [0.1, 0.15) is 0 Å². The minimum Gasteiger partial charge on any atom is -0.165 e. The maximum Gasteiger partial charge on any atom is 0.0117 e. The van der Waals surface area contributed by atoms with Crippen LogP contribution in [-0.2, 0) is 0 Å². The lowest BCUT2D eigenvalue weighted by molar-refractivity contribution is 0.672. The van der Waals surface area contributed by atoms with Gasteiger partial charge in [0.25, 0.3) is 0 Å². The number of alkyl halides is 1. The van der Waals surface area contributed by atoms with Crippen molar-refractivity contribution < 1.29 is 0 Å². The molecular weight excluding hydrogens is 208 g/mol. The first kappa shape index (κ1) is 10.8. The molecule has 0 heterocycles. The molecule has 0 radical (unpaired) electrons. The second-order valence-electron chi connectivity index (χ2n) is 2.62. The summed E-state index contributed by atoms with van der Waals surface area (Å²) < 4.78 is 0. The molecule has 0 aromatic heterocycles. The molecule has 10 heavy (non-hydrogen) atoms. The molecule has 62 valence electrons. The summed E-state index contributed by atoms with van der Waals surface area (Å²) in [6.07, 6.45) is 7.67. The van der Waals surface area contributed by atoms with E-state index in [1.165, 1.54) is 31.4 Å². The molecule has 2 heteroatoms. The zero-order valence-electron chi connectivity index (χ0n) is 6.90. The van der Waals surface area contributed by atoms with Crippen LogP contribution in [-0.4, -0.2) is 16.8 Å². The van der Waals surface area contributed by atoms with Gasteiger partial charge in [-0.3, -0.25) is 0 Å². The molecule has 0 aliphatic rings. The Hall–Kier alpha value is 0.830. The van der Waals surface area contributed by atoms with Gasteiger partial charge in [0, 0.05) is 4.83 Å². The van der Waals surface area contributed by atoms with Gasteiger partial charge in [-0.25, -0.2) is 0 Å². The van der Waals surface area contributed by atoms with Crippen molar-refractivity contribution in [3.8, 4) is 0 Å². The standard InChI is InChI=1S/C8H17BrS/c1-8(9)6-4-3-5-7-10-2/h8H,3-7H2,1-2H3. The minimum absolute atomic E-state index is 0.710. The Morgan fingerprint density at radius 2 is 2.00 bits per heavy atom. The van der Waals surface area contributed by atoms with Gasteiger partial charge in [0.05, 0.1) is 0 Å². The van der Waals surface area contributed by atoms with E-state index in [9.17, 15) is 0 Å². The normalized spacial score (nSPS) is 13.5. The van der Waals surface area contributed by atoms with Crippen LogP contribution in [0.25, 0.3) is 0 Å². The molecule has 0 saturated heterocycles. The van der Waals surface area contributed by atoms with Gasteiger partial charge < -0.3 is 0 Å². The summed E-state index contributed by atoms with van der Waals surface area (Å²) in [5, 5.41) is 0. The van der Waals surface area contributed by atoms with Crippen LogP contribution in [0.5, 0.6) is 0 Å². The van der Waals surface area contributed by atoms with Gasteiger partial charge in [0.15, 0.2) is 0 Å². The first-order valence-corrected chi connectivity index (χ1v) is 6.21. The largest absolute Gasteiger partial charge is 0.165 e. The minimum atomic E-state index is 0.710. The highest BCUT2D eigenvalue weighted by molar-refractivity contribution is 9.09. The fourth-order valence-electron chi connectivity index (χ4n) is 0.849. The Kier molecular flexibility index (Phi) is 8.59. The summed E-state index contributed by atoms with van der Waals surface area (Å²) in [5.41, 5.74) is 0. The Morgan fingerprint density at radius 3 is 2.50 bits per heavy atom. The number of unbranched alkanes of at least 4 members (excludes halogenated alkanes) is 2. The molecule has 0 rings (SSSR count). The van der Waals surface area contributed by atoms with Crippen LogP contribution < -0.4 is 0 Å². The van der Waals surface area contributed by atoms with Crippen molar-refractivity contribution in [2.75, 3.05) is 12.0 Å². The first-order valence-electron chi connectivity index (χ1n) is 3.90. The molecule has 1 atom stereocenters. The van der Waals surface area contributed by atoms with Crippen LogP contribution in [0.2, 0.25) is 0 Å². The lowest BCUT2D eigenvalue weighted by Gasteiger charge is -2.01. The maximum absolute atomic E-state index is 3.54. The Bertz CT molecular complexity index is 64.3. The fourth-order valence-corrected chi connectivity index (χ4v) is 1.67. The first-order chi connectivity index (χ1) is 4.77. The SMILES string of the molecule is CSCCCCCC(C)Br. The van der Waals surface area contributed by atoms with E-state index in [1.54, 1.807) is 0 Å². The number of hydrogen-bond donors (Lipinski definition) is 0. The van der Waals surface area contributed by atoms with Crippen LogP contribution in [0, 0.1) is 0 Å². The summed E-state index contributed by atoms with van der Waals surface area (Å²) in [7, 11) is 0. The third-order valence-electron chi connectivity index (χ3n) is 1.45.